The van der Waals surface area contributed by atoms with E-state index in [0.29, 0.717) is 68.2 Å². The third kappa shape index (κ3) is 4.68. The Hall–Kier alpha value is -4.80. The third-order valence-corrected chi connectivity index (χ3v) is 11.1. The van der Waals surface area contributed by atoms with E-state index in [1.54, 1.807) is 0 Å². The van der Waals surface area contributed by atoms with E-state index in [0.717, 1.165) is 70.2 Å². The van der Waals surface area contributed by atoms with Gasteiger partial charge in [0.25, 0.3) is 23.6 Å². The van der Waals surface area contributed by atoms with Gasteiger partial charge in [0.2, 0.25) is 0 Å². The molecular weight excluding hydrogens is 616 g/mol. The lowest BCUT2D eigenvalue weighted by Crippen LogP contribution is -2.48. The van der Waals surface area contributed by atoms with Crippen molar-refractivity contribution in [1.82, 2.24) is 19.6 Å². The number of carbonyl (C=O) groups is 4. The molecule has 0 radical (unpaired) electrons. The van der Waals surface area contributed by atoms with Gasteiger partial charge in [-0.3, -0.25) is 29.0 Å². The zero-order valence-electron chi connectivity index (χ0n) is 28.7. The Balaban J connectivity index is 1.20. The number of benzene rings is 4. The van der Waals surface area contributed by atoms with E-state index in [4.69, 9.17) is 0 Å². The number of rotatable bonds is 10. The number of imide groups is 2. The van der Waals surface area contributed by atoms with Crippen molar-refractivity contribution < 1.29 is 19.2 Å². The highest BCUT2D eigenvalue weighted by molar-refractivity contribution is 6.28. The van der Waals surface area contributed by atoms with E-state index in [1.807, 2.05) is 48.5 Å². The highest BCUT2D eigenvalue weighted by Gasteiger charge is 2.40. The Kier molecular flexibility index (Phi) is 7.68. The second-order valence-corrected chi connectivity index (χ2v) is 13.4. The van der Waals surface area contributed by atoms with Crippen molar-refractivity contribution in [2.45, 2.75) is 40.8 Å². The third-order valence-electron chi connectivity index (χ3n) is 11.1. The maximum atomic E-state index is 14.0. The number of carbonyl (C=O) groups excluding carboxylic acids is 4. The summed E-state index contributed by atoms with van der Waals surface area (Å²) in [4.78, 5) is 67.4. The fourth-order valence-corrected chi connectivity index (χ4v) is 8.49. The quantitative estimate of drug-likeness (QED) is 0.216. The Morgan fingerprint density at radius 1 is 0.551 bits per heavy atom. The standard InChI is InChI=1S/C39H42N6O4/c1-5-40(6-2)15-17-44-36(46)28-13-9-11-26-32(28)30(38(44)48)19-24-21-42-23-43(34(24)26)22-25-20-31-33-27(35(25)42)12-10-14-29(33)37(47)45(39(31)49)18-16-41(7-3)8-4/h9-14,19-20H,5-8,15-18,21-23H2,1-4H3. The average Bonchev–Trinajstić information content (AvgIpc) is 3.12. The van der Waals surface area contributed by atoms with Gasteiger partial charge in [0, 0.05) is 83.1 Å². The molecule has 4 heterocycles. The van der Waals surface area contributed by atoms with Gasteiger partial charge in [-0.25, -0.2) is 0 Å². The lowest BCUT2D eigenvalue weighted by Gasteiger charge is -2.46. The Morgan fingerprint density at radius 2 is 0.939 bits per heavy atom. The summed E-state index contributed by atoms with van der Waals surface area (Å²) >= 11 is 0. The molecule has 4 aromatic carbocycles. The van der Waals surface area contributed by atoms with E-state index in [9.17, 15) is 19.2 Å². The van der Waals surface area contributed by atoms with E-state index in [-0.39, 0.29) is 23.6 Å². The van der Waals surface area contributed by atoms with Gasteiger partial charge in [0.15, 0.2) is 0 Å². The number of fused-ring (bicyclic) bond motifs is 8. The molecule has 0 N–H and O–H groups in total. The lowest BCUT2D eigenvalue weighted by atomic mass is 9.86. The summed E-state index contributed by atoms with van der Waals surface area (Å²) in [7, 11) is 0. The summed E-state index contributed by atoms with van der Waals surface area (Å²) in [6, 6.07) is 15.6. The van der Waals surface area contributed by atoms with Crippen molar-refractivity contribution in [3.05, 3.63) is 81.9 Å². The maximum absolute atomic E-state index is 14.0. The van der Waals surface area contributed by atoms with Gasteiger partial charge in [0.1, 0.15) is 0 Å². The molecule has 252 valence electrons. The molecule has 49 heavy (non-hydrogen) atoms. The molecule has 4 amide bonds. The molecule has 0 saturated carbocycles. The van der Waals surface area contributed by atoms with Crippen LogP contribution in [0.25, 0.3) is 21.5 Å². The van der Waals surface area contributed by atoms with Crippen LogP contribution in [-0.2, 0) is 13.1 Å². The van der Waals surface area contributed by atoms with Crippen LogP contribution >= 0.6 is 0 Å². The number of hydrogen-bond donors (Lipinski definition) is 0. The van der Waals surface area contributed by atoms with Gasteiger partial charge in [-0.05, 0) is 61.6 Å². The molecule has 4 aromatic rings. The van der Waals surface area contributed by atoms with Gasteiger partial charge < -0.3 is 19.6 Å². The maximum Gasteiger partial charge on any atom is 0.261 e. The summed E-state index contributed by atoms with van der Waals surface area (Å²) in [5.41, 5.74) is 6.40. The first-order chi connectivity index (χ1) is 23.8. The fourth-order valence-electron chi connectivity index (χ4n) is 8.49. The minimum absolute atomic E-state index is 0.239. The van der Waals surface area contributed by atoms with Crippen molar-refractivity contribution in [3.8, 4) is 0 Å². The molecule has 0 saturated heterocycles. The monoisotopic (exact) mass is 658 g/mol. The predicted octanol–water partition coefficient (Wildman–Crippen LogP) is 5.17. The first-order valence-corrected chi connectivity index (χ1v) is 17.6. The molecular formula is C39H42N6O4. The van der Waals surface area contributed by atoms with E-state index in [2.05, 4.69) is 47.3 Å². The second kappa shape index (κ2) is 12.0. The molecule has 0 aliphatic carbocycles. The van der Waals surface area contributed by atoms with Crippen LogP contribution in [0.5, 0.6) is 0 Å². The highest BCUT2D eigenvalue weighted by atomic mass is 16.2. The summed E-state index contributed by atoms with van der Waals surface area (Å²) in [5.74, 6) is -0.961. The molecule has 0 aromatic heterocycles. The van der Waals surface area contributed by atoms with Gasteiger partial charge in [0.05, 0.1) is 18.0 Å². The lowest BCUT2D eigenvalue weighted by molar-refractivity contribution is 0.0579. The van der Waals surface area contributed by atoms with Crippen LogP contribution in [0.2, 0.25) is 0 Å². The van der Waals surface area contributed by atoms with Crippen LogP contribution in [0.4, 0.5) is 11.4 Å². The molecule has 0 atom stereocenters. The molecule has 0 unspecified atom stereocenters. The summed E-state index contributed by atoms with van der Waals surface area (Å²) < 4.78 is 0. The van der Waals surface area contributed by atoms with Crippen molar-refractivity contribution in [3.63, 3.8) is 0 Å². The SMILES string of the molecule is CCN(CC)CCN1C(=O)c2cccc3c4c(cc(c23)C1=O)CN1CN4Cc2cc3c4c(cccc4c21)C(=O)N(CCN(CC)CC)C3=O. The average molecular weight is 659 g/mol. The first-order valence-electron chi connectivity index (χ1n) is 17.6. The van der Waals surface area contributed by atoms with Crippen LogP contribution in [0.3, 0.4) is 0 Å². The first kappa shape index (κ1) is 31.5. The van der Waals surface area contributed by atoms with Crippen LogP contribution in [0.1, 0.15) is 80.3 Å². The Morgan fingerprint density at radius 3 is 1.33 bits per heavy atom. The summed E-state index contributed by atoms with van der Waals surface area (Å²) in [6.45, 7) is 15.5. The van der Waals surface area contributed by atoms with Crippen molar-refractivity contribution >= 4 is 56.5 Å². The number of nitrogens with zero attached hydrogens (tertiary/aromatic N) is 6. The zero-order valence-corrected chi connectivity index (χ0v) is 28.7. The van der Waals surface area contributed by atoms with Crippen LogP contribution in [0.15, 0.2) is 48.5 Å². The zero-order chi connectivity index (χ0) is 34.1. The molecule has 0 fully saturated rings. The molecule has 0 spiro atoms. The number of anilines is 2. The van der Waals surface area contributed by atoms with Gasteiger partial charge in [-0.15, -0.1) is 0 Å². The van der Waals surface area contributed by atoms with E-state index < -0.39 is 0 Å². The summed E-state index contributed by atoms with van der Waals surface area (Å²) in [6.07, 6.45) is 0. The second-order valence-electron chi connectivity index (χ2n) is 13.4. The number of likely N-dealkylation sites (N-methyl/N-ethyl adjacent to an activating group) is 2. The number of amides is 4. The van der Waals surface area contributed by atoms with Gasteiger partial charge in [-0.1, -0.05) is 52.0 Å². The van der Waals surface area contributed by atoms with Crippen molar-refractivity contribution in [2.75, 3.05) is 68.8 Å². The van der Waals surface area contributed by atoms with Crippen LogP contribution in [0, 0.1) is 0 Å². The topological polar surface area (TPSA) is 87.7 Å². The highest BCUT2D eigenvalue weighted by Crippen LogP contribution is 2.48. The molecule has 2 bridgehead atoms. The minimum atomic E-state index is -0.241. The van der Waals surface area contributed by atoms with Gasteiger partial charge in [-0.2, -0.15) is 0 Å². The normalized spacial score (nSPS) is 16.5. The summed E-state index contributed by atoms with van der Waals surface area (Å²) in [5, 5.41) is 3.27. The predicted molar refractivity (Wildman–Crippen MR) is 191 cm³/mol. The van der Waals surface area contributed by atoms with E-state index in [1.165, 1.54) is 9.80 Å². The van der Waals surface area contributed by atoms with Gasteiger partial charge >= 0.3 is 0 Å². The smallest absolute Gasteiger partial charge is 0.261 e. The Labute approximate surface area is 286 Å². The van der Waals surface area contributed by atoms with Crippen LogP contribution in [-0.4, -0.2) is 102 Å². The van der Waals surface area contributed by atoms with Crippen molar-refractivity contribution in [1.29, 1.82) is 0 Å². The Bertz CT molecular complexity index is 1940. The largest absolute Gasteiger partial charge is 0.349 e. The number of hydrogen-bond acceptors (Lipinski definition) is 8. The molecule has 4 aliphatic rings. The molecule has 10 heteroatoms. The molecule has 4 aliphatic heterocycles. The molecule has 8 rings (SSSR count). The van der Waals surface area contributed by atoms with E-state index >= 15 is 0 Å². The minimum Gasteiger partial charge on any atom is -0.349 e. The molecule has 10 nitrogen and oxygen atoms in total. The fraction of sp³-hybridized carbons (Fsp3) is 0.385. The van der Waals surface area contributed by atoms with Crippen molar-refractivity contribution in [2.24, 2.45) is 0 Å². The van der Waals surface area contributed by atoms with Crippen LogP contribution < -0.4 is 9.80 Å².